The van der Waals surface area contributed by atoms with Gasteiger partial charge in [-0.25, -0.2) is 0 Å². The molecular formula is C42H32N2. The first-order chi connectivity index (χ1) is 21.5. The predicted molar refractivity (Wildman–Crippen MR) is 186 cm³/mol. The molecule has 210 valence electrons. The molecule has 0 atom stereocenters. The van der Waals surface area contributed by atoms with Crippen LogP contribution in [-0.4, -0.2) is 4.57 Å². The van der Waals surface area contributed by atoms with Gasteiger partial charge in [0.05, 0.1) is 0 Å². The van der Waals surface area contributed by atoms with E-state index in [1.807, 2.05) is 6.07 Å². The van der Waals surface area contributed by atoms with Crippen LogP contribution >= 0.6 is 0 Å². The van der Waals surface area contributed by atoms with E-state index in [-0.39, 0.29) is 5.41 Å². The minimum absolute atomic E-state index is 0.0152. The van der Waals surface area contributed by atoms with E-state index < -0.39 is 0 Å². The van der Waals surface area contributed by atoms with Crippen molar-refractivity contribution in [2.45, 2.75) is 25.8 Å². The Labute approximate surface area is 257 Å². The van der Waals surface area contributed by atoms with Crippen LogP contribution in [0.2, 0.25) is 0 Å². The van der Waals surface area contributed by atoms with Gasteiger partial charge in [0.2, 0.25) is 0 Å². The van der Waals surface area contributed by atoms with Gasteiger partial charge >= 0.3 is 0 Å². The van der Waals surface area contributed by atoms with Crippen molar-refractivity contribution in [2.24, 2.45) is 0 Å². The first-order valence-electron chi connectivity index (χ1n) is 15.5. The predicted octanol–water partition coefficient (Wildman–Crippen LogP) is 10.5. The van der Waals surface area contributed by atoms with Crippen LogP contribution in [0.15, 0.2) is 133 Å². The summed E-state index contributed by atoms with van der Waals surface area (Å²) < 4.78 is 2.45. The minimum atomic E-state index is 0.0152. The van der Waals surface area contributed by atoms with Crippen LogP contribution in [0.4, 0.5) is 5.69 Å². The number of allylic oxidation sites excluding steroid dienone is 1. The van der Waals surface area contributed by atoms with E-state index >= 15 is 0 Å². The number of hydrogen-bond acceptors (Lipinski definition) is 1. The summed E-state index contributed by atoms with van der Waals surface area (Å²) in [4.78, 5) is 0. The molecule has 0 radical (unpaired) electrons. The third-order valence-electron chi connectivity index (χ3n) is 10.0. The Morgan fingerprint density at radius 2 is 1.23 bits per heavy atom. The number of nitrogen functional groups attached to an aromatic ring is 1. The van der Waals surface area contributed by atoms with Crippen LogP contribution in [0.25, 0.3) is 60.8 Å². The van der Waals surface area contributed by atoms with Gasteiger partial charge in [-0.1, -0.05) is 117 Å². The maximum Gasteiger partial charge on any atom is 0.0494 e. The topological polar surface area (TPSA) is 30.9 Å². The largest absolute Gasteiger partial charge is 0.398 e. The van der Waals surface area contributed by atoms with Crippen molar-refractivity contribution in [1.29, 1.82) is 0 Å². The summed E-state index contributed by atoms with van der Waals surface area (Å²) >= 11 is 0. The first kappa shape index (κ1) is 25.2. The van der Waals surface area contributed by atoms with E-state index in [1.165, 1.54) is 77.5 Å². The van der Waals surface area contributed by atoms with Crippen LogP contribution in [0.5, 0.6) is 0 Å². The van der Waals surface area contributed by atoms with E-state index in [9.17, 15) is 0 Å². The molecule has 0 saturated carbocycles. The summed E-state index contributed by atoms with van der Waals surface area (Å²) in [6, 6.07) is 46.6. The average Bonchev–Trinajstić information content (AvgIpc) is 3.64. The van der Waals surface area contributed by atoms with Crippen LogP contribution < -0.4 is 5.73 Å². The Kier molecular flexibility index (Phi) is 5.20. The van der Waals surface area contributed by atoms with Gasteiger partial charge in [-0.2, -0.15) is 0 Å². The lowest BCUT2D eigenvalue weighted by molar-refractivity contribution is 0.660. The number of rotatable bonds is 3. The van der Waals surface area contributed by atoms with E-state index in [0.717, 1.165) is 17.8 Å². The Hall–Kier alpha value is -5.34. The monoisotopic (exact) mass is 564 g/mol. The van der Waals surface area contributed by atoms with Crippen molar-refractivity contribution in [3.8, 4) is 33.4 Å². The quantitative estimate of drug-likeness (QED) is 0.213. The average molecular weight is 565 g/mol. The Morgan fingerprint density at radius 3 is 2.11 bits per heavy atom. The van der Waals surface area contributed by atoms with Crippen LogP contribution in [0.1, 0.15) is 36.1 Å². The molecule has 0 aliphatic heterocycles. The summed E-state index contributed by atoms with van der Waals surface area (Å²) in [6.45, 7) is 5.43. The van der Waals surface area contributed by atoms with E-state index in [2.05, 4.69) is 146 Å². The molecule has 2 heteroatoms. The molecule has 9 rings (SSSR count). The molecule has 6 aromatic carbocycles. The second-order valence-corrected chi connectivity index (χ2v) is 12.7. The fraction of sp³-hybridized carbons (Fsp3) is 0.0952. The number of benzene rings is 6. The minimum Gasteiger partial charge on any atom is -0.398 e. The van der Waals surface area contributed by atoms with Gasteiger partial charge in [0, 0.05) is 45.0 Å². The molecule has 0 bridgehead atoms. The van der Waals surface area contributed by atoms with Gasteiger partial charge in [-0.3, -0.25) is 0 Å². The number of aromatic nitrogens is 1. The molecule has 0 fully saturated rings. The SMILES string of the molecule is CC1(C)c2ccccc2-c2cc(-c3ccc4c(c3)c3ccccc3n4C/C=C3/c4ccccc4-c4cccc(N)c43)ccc21. The smallest absolute Gasteiger partial charge is 0.0494 e. The van der Waals surface area contributed by atoms with Gasteiger partial charge in [0.25, 0.3) is 0 Å². The molecule has 1 heterocycles. The molecule has 0 unspecified atom stereocenters. The normalized spacial score (nSPS) is 15.0. The van der Waals surface area contributed by atoms with Gasteiger partial charge < -0.3 is 10.3 Å². The molecule has 2 nitrogen and oxygen atoms in total. The lowest BCUT2D eigenvalue weighted by atomic mass is 9.82. The van der Waals surface area contributed by atoms with Crippen LogP contribution in [0.3, 0.4) is 0 Å². The van der Waals surface area contributed by atoms with E-state index in [1.54, 1.807) is 0 Å². The third-order valence-corrected chi connectivity index (χ3v) is 10.0. The molecule has 2 N–H and O–H groups in total. The van der Waals surface area contributed by atoms with Crippen LogP contribution in [0, 0.1) is 0 Å². The molecule has 2 aliphatic carbocycles. The Balaban J connectivity index is 1.17. The third kappa shape index (κ3) is 3.43. The molecule has 0 spiro atoms. The highest BCUT2D eigenvalue weighted by Gasteiger charge is 2.35. The second-order valence-electron chi connectivity index (χ2n) is 12.7. The Bertz CT molecular complexity index is 2350. The lowest BCUT2D eigenvalue weighted by Crippen LogP contribution is -2.14. The summed E-state index contributed by atoms with van der Waals surface area (Å²) in [6.07, 6.45) is 2.36. The number of anilines is 1. The number of nitrogens with two attached hydrogens (primary N) is 1. The summed E-state index contributed by atoms with van der Waals surface area (Å²) in [5.41, 5.74) is 24.0. The zero-order valence-corrected chi connectivity index (χ0v) is 24.9. The number of nitrogens with zero attached hydrogens (tertiary/aromatic N) is 1. The maximum absolute atomic E-state index is 6.57. The molecule has 2 aliphatic rings. The van der Waals surface area contributed by atoms with Crippen molar-refractivity contribution >= 4 is 33.1 Å². The van der Waals surface area contributed by atoms with Crippen molar-refractivity contribution in [1.82, 2.24) is 4.57 Å². The van der Waals surface area contributed by atoms with Gasteiger partial charge in [-0.15, -0.1) is 0 Å². The van der Waals surface area contributed by atoms with E-state index in [4.69, 9.17) is 5.73 Å². The number of para-hydroxylation sites is 1. The maximum atomic E-state index is 6.57. The van der Waals surface area contributed by atoms with Crippen molar-refractivity contribution in [3.05, 3.63) is 156 Å². The number of hydrogen-bond donors (Lipinski definition) is 1. The molecule has 0 amide bonds. The molecular weight excluding hydrogens is 532 g/mol. The van der Waals surface area contributed by atoms with Gasteiger partial charge in [-0.05, 0) is 86.0 Å². The fourth-order valence-electron chi connectivity index (χ4n) is 7.91. The lowest BCUT2D eigenvalue weighted by Gasteiger charge is -2.21. The highest BCUT2D eigenvalue weighted by molar-refractivity contribution is 6.10. The first-order valence-corrected chi connectivity index (χ1v) is 15.5. The highest BCUT2D eigenvalue weighted by Crippen LogP contribution is 2.50. The standard InChI is InChI=1S/C42H32N2/c1-42(2)36-15-7-5-12-30(36)34-24-26(18-20-37(34)42)27-19-21-40-35(25-27)31-13-6-8-17-39(31)44(40)23-22-33-29-11-4-3-10-28(29)32-14-9-16-38(43)41(32)33/h3-22,24-25H,23,43H2,1-2H3/b33-22-. The van der Waals surface area contributed by atoms with Gasteiger partial charge in [0.15, 0.2) is 0 Å². The molecule has 44 heavy (non-hydrogen) atoms. The highest BCUT2D eigenvalue weighted by atomic mass is 15.0. The van der Waals surface area contributed by atoms with E-state index in [0.29, 0.717) is 0 Å². The Morgan fingerprint density at radius 1 is 0.568 bits per heavy atom. The van der Waals surface area contributed by atoms with Crippen molar-refractivity contribution < 1.29 is 0 Å². The number of fused-ring (bicyclic) bond motifs is 9. The summed E-state index contributed by atoms with van der Waals surface area (Å²) in [7, 11) is 0. The molecule has 7 aromatic rings. The second kappa shape index (κ2) is 9.08. The van der Waals surface area contributed by atoms with Crippen molar-refractivity contribution in [2.75, 3.05) is 5.73 Å². The zero-order valence-electron chi connectivity index (χ0n) is 24.9. The summed E-state index contributed by atoms with van der Waals surface area (Å²) in [5, 5.41) is 2.56. The van der Waals surface area contributed by atoms with Crippen LogP contribution in [-0.2, 0) is 12.0 Å². The zero-order chi connectivity index (χ0) is 29.6. The fourth-order valence-corrected chi connectivity index (χ4v) is 7.91. The van der Waals surface area contributed by atoms with Gasteiger partial charge in [0.1, 0.15) is 0 Å². The van der Waals surface area contributed by atoms with Crippen molar-refractivity contribution in [3.63, 3.8) is 0 Å². The summed E-state index contributed by atoms with van der Waals surface area (Å²) in [5.74, 6) is 0. The molecule has 1 aromatic heterocycles. The molecule has 0 saturated heterocycles.